The van der Waals surface area contributed by atoms with Gasteiger partial charge in [0.05, 0.1) is 6.42 Å². The molecule has 1 N–H and O–H groups in total. The van der Waals surface area contributed by atoms with E-state index in [9.17, 15) is 4.79 Å². The number of fused-ring (bicyclic) bond motifs is 1. The van der Waals surface area contributed by atoms with Gasteiger partial charge < -0.3 is 10.0 Å². The third-order valence-electron chi connectivity index (χ3n) is 4.50. The van der Waals surface area contributed by atoms with Crippen LogP contribution in [-0.2, 0) is 11.2 Å². The number of carbonyl (C=O) groups is 1. The van der Waals surface area contributed by atoms with Crippen molar-refractivity contribution in [3.8, 4) is 0 Å². The first-order chi connectivity index (χ1) is 9.16. The summed E-state index contributed by atoms with van der Waals surface area (Å²) >= 11 is 0. The number of carboxylic acids is 1. The number of benzene rings is 1. The van der Waals surface area contributed by atoms with Crippen LogP contribution in [0.15, 0.2) is 18.2 Å². The lowest BCUT2D eigenvalue weighted by Crippen LogP contribution is -2.26. The molecule has 3 heteroatoms. The molecule has 2 aliphatic rings. The molecule has 0 amide bonds. The van der Waals surface area contributed by atoms with E-state index in [2.05, 4.69) is 30.1 Å². The van der Waals surface area contributed by atoms with Gasteiger partial charge in [-0.2, -0.15) is 0 Å². The predicted octanol–water partition coefficient (Wildman–Crippen LogP) is 3.04. The SMILES string of the molecule is CN1CCCc2c(C(CC(=O)O)C3CC3)cccc21. The van der Waals surface area contributed by atoms with Gasteiger partial charge in [0, 0.05) is 19.3 Å². The van der Waals surface area contributed by atoms with Gasteiger partial charge in [0.15, 0.2) is 0 Å². The summed E-state index contributed by atoms with van der Waals surface area (Å²) in [6.07, 6.45) is 4.93. The van der Waals surface area contributed by atoms with E-state index in [4.69, 9.17) is 5.11 Å². The van der Waals surface area contributed by atoms with Gasteiger partial charge in [-0.1, -0.05) is 12.1 Å². The molecule has 1 fully saturated rings. The molecule has 1 aliphatic heterocycles. The van der Waals surface area contributed by atoms with E-state index in [-0.39, 0.29) is 12.3 Å². The molecule has 0 spiro atoms. The Labute approximate surface area is 114 Å². The molecule has 1 saturated carbocycles. The lowest BCUT2D eigenvalue weighted by atomic mass is 9.84. The number of rotatable bonds is 4. The minimum absolute atomic E-state index is 0.221. The van der Waals surface area contributed by atoms with Gasteiger partial charge in [-0.15, -0.1) is 0 Å². The van der Waals surface area contributed by atoms with Crippen LogP contribution in [0.4, 0.5) is 5.69 Å². The van der Waals surface area contributed by atoms with E-state index in [1.165, 1.54) is 36.1 Å². The highest BCUT2D eigenvalue weighted by atomic mass is 16.4. The molecule has 1 aromatic rings. The van der Waals surface area contributed by atoms with Crippen molar-refractivity contribution in [1.82, 2.24) is 0 Å². The summed E-state index contributed by atoms with van der Waals surface area (Å²) in [6, 6.07) is 6.42. The molecule has 0 radical (unpaired) electrons. The highest BCUT2D eigenvalue weighted by Gasteiger charge is 2.35. The number of hydrogen-bond acceptors (Lipinski definition) is 2. The Morgan fingerprint density at radius 1 is 1.47 bits per heavy atom. The van der Waals surface area contributed by atoms with Crippen LogP contribution < -0.4 is 4.90 Å². The highest BCUT2D eigenvalue weighted by Crippen LogP contribution is 2.47. The van der Waals surface area contributed by atoms with Crippen LogP contribution in [0.1, 0.15) is 42.7 Å². The van der Waals surface area contributed by atoms with Crippen molar-refractivity contribution >= 4 is 11.7 Å². The fourth-order valence-corrected chi connectivity index (χ4v) is 3.40. The van der Waals surface area contributed by atoms with Crippen molar-refractivity contribution in [3.05, 3.63) is 29.3 Å². The summed E-state index contributed by atoms with van der Waals surface area (Å²) in [6.45, 7) is 1.10. The van der Waals surface area contributed by atoms with Crippen molar-refractivity contribution in [2.75, 3.05) is 18.5 Å². The highest BCUT2D eigenvalue weighted by molar-refractivity contribution is 5.69. The van der Waals surface area contributed by atoms with Crippen LogP contribution in [0, 0.1) is 5.92 Å². The Kier molecular flexibility index (Phi) is 3.21. The Hall–Kier alpha value is -1.51. The van der Waals surface area contributed by atoms with Crippen LogP contribution in [0.25, 0.3) is 0 Å². The van der Waals surface area contributed by atoms with E-state index in [1.54, 1.807) is 0 Å². The molecular formula is C16H21NO2. The van der Waals surface area contributed by atoms with Crippen LogP contribution in [-0.4, -0.2) is 24.7 Å². The Bertz CT molecular complexity index is 494. The van der Waals surface area contributed by atoms with Crippen molar-refractivity contribution in [2.45, 2.75) is 38.0 Å². The van der Waals surface area contributed by atoms with E-state index in [0.29, 0.717) is 5.92 Å². The summed E-state index contributed by atoms with van der Waals surface area (Å²) in [5.41, 5.74) is 4.00. The third-order valence-corrected chi connectivity index (χ3v) is 4.50. The second-order valence-corrected chi connectivity index (χ2v) is 5.91. The van der Waals surface area contributed by atoms with E-state index < -0.39 is 5.97 Å². The van der Waals surface area contributed by atoms with Gasteiger partial charge in [-0.3, -0.25) is 4.79 Å². The first-order valence-corrected chi connectivity index (χ1v) is 7.21. The summed E-state index contributed by atoms with van der Waals surface area (Å²) in [5, 5.41) is 9.17. The Morgan fingerprint density at radius 2 is 2.26 bits per heavy atom. The number of carboxylic acid groups (broad SMARTS) is 1. The van der Waals surface area contributed by atoms with Gasteiger partial charge in [0.25, 0.3) is 0 Å². The molecule has 1 aliphatic carbocycles. The normalized spacial score (nSPS) is 19.9. The Morgan fingerprint density at radius 3 is 2.95 bits per heavy atom. The molecular weight excluding hydrogens is 238 g/mol. The average molecular weight is 259 g/mol. The van der Waals surface area contributed by atoms with Gasteiger partial charge in [0.2, 0.25) is 0 Å². The molecule has 0 aromatic heterocycles. The Balaban J connectivity index is 1.98. The fourth-order valence-electron chi connectivity index (χ4n) is 3.40. The first kappa shape index (κ1) is 12.5. The fraction of sp³-hybridized carbons (Fsp3) is 0.562. The minimum Gasteiger partial charge on any atom is -0.481 e. The molecule has 102 valence electrons. The zero-order valence-electron chi connectivity index (χ0n) is 11.4. The smallest absolute Gasteiger partial charge is 0.303 e. The molecule has 1 heterocycles. The maximum Gasteiger partial charge on any atom is 0.303 e. The zero-order valence-corrected chi connectivity index (χ0v) is 11.4. The lowest BCUT2D eigenvalue weighted by molar-refractivity contribution is -0.137. The van der Waals surface area contributed by atoms with Crippen molar-refractivity contribution in [1.29, 1.82) is 0 Å². The number of anilines is 1. The molecule has 0 saturated heterocycles. The van der Waals surface area contributed by atoms with Gasteiger partial charge >= 0.3 is 5.97 Å². The maximum absolute atomic E-state index is 11.1. The number of hydrogen-bond donors (Lipinski definition) is 1. The van der Waals surface area contributed by atoms with Crippen LogP contribution >= 0.6 is 0 Å². The minimum atomic E-state index is -0.668. The second kappa shape index (κ2) is 4.87. The van der Waals surface area contributed by atoms with Gasteiger partial charge in [-0.05, 0) is 54.7 Å². The first-order valence-electron chi connectivity index (χ1n) is 7.21. The second-order valence-electron chi connectivity index (χ2n) is 5.91. The van der Waals surface area contributed by atoms with Crippen LogP contribution in [0.2, 0.25) is 0 Å². The molecule has 1 atom stereocenters. The van der Waals surface area contributed by atoms with Crippen LogP contribution in [0.5, 0.6) is 0 Å². The zero-order chi connectivity index (χ0) is 13.4. The molecule has 1 unspecified atom stereocenters. The van der Waals surface area contributed by atoms with Crippen molar-refractivity contribution in [3.63, 3.8) is 0 Å². The molecule has 1 aromatic carbocycles. The average Bonchev–Trinajstić information content (AvgIpc) is 3.20. The van der Waals surface area contributed by atoms with Crippen molar-refractivity contribution in [2.24, 2.45) is 5.92 Å². The lowest BCUT2D eigenvalue weighted by Gasteiger charge is -2.31. The van der Waals surface area contributed by atoms with E-state index in [1.807, 2.05) is 0 Å². The van der Waals surface area contributed by atoms with Crippen LogP contribution in [0.3, 0.4) is 0 Å². The molecule has 3 rings (SSSR count). The quantitative estimate of drug-likeness (QED) is 0.903. The summed E-state index contributed by atoms with van der Waals surface area (Å²) < 4.78 is 0. The maximum atomic E-state index is 11.1. The third kappa shape index (κ3) is 2.46. The molecule has 0 bridgehead atoms. The summed E-state index contributed by atoms with van der Waals surface area (Å²) in [5.74, 6) is 0.146. The van der Waals surface area contributed by atoms with E-state index >= 15 is 0 Å². The van der Waals surface area contributed by atoms with Gasteiger partial charge in [-0.25, -0.2) is 0 Å². The molecule has 19 heavy (non-hydrogen) atoms. The standard InChI is InChI=1S/C16H21NO2/c1-17-9-3-5-13-12(4-2-6-15(13)17)14(10-16(18)19)11-7-8-11/h2,4,6,11,14H,3,5,7-10H2,1H3,(H,18,19). The van der Waals surface area contributed by atoms with Gasteiger partial charge in [0.1, 0.15) is 0 Å². The summed E-state index contributed by atoms with van der Waals surface area (Å²) in [4.78, 5) is 13.4. The molecule has 3 nitrogen and oxygen atoms in total. The number of nitrogens with zero attached hydrogens (tertiary/aromatic N) is 1. The summed E-state index contributed by atoms with van der Waals surface area (Å²) in [7, 11) is 2.13. The van der Waals surface area contributed by atoms with E-state index in [0.717, 1.165) is 13.0 Å². The van der Waals surface area contributed by atoms with Crippen molar-refractivity contribution < 1.29 is 9.90 Å². The predicted molar refractivity (Wildman–Crippen MR) is 75.8 cm³/mol. The monoisotopic (exact) mass is 259 g/mol. The number of aliphatic carboxylic acids is 1. The largest absolute Gasteiger partial charge is 0.481 e. The topological polar surface area (TPSA) is 40.5 Å².